The first-order valence-corrected chi connectivity index (χ1v) is 7.08. The van der Waals surface area contributed by atoms with Crippen molar-refractivity contribution in [3.63, 3.8) is 0 Å². The quantitative estimate of drug-likeness (QED) is 0.898. The summed E-state index contributed by atoms with van der Waals surface area (Å²) in [6.07, 6.45) is 1.97. The van der Waals surface area contributed by atoms with Gasteiger partial charge in [0.05, 0.1) is 12.7 Å². The minimum Gasteiger partial charge on any atom is -0.373 e. The highest BCUT2D eigenvalue weighted by atomic mass is 32.1. The molecule has 2 aromatic rings. The number of aromatic nitrogens is 1. The highest BCUT2D eigenvalue weighted by Gasteiger charge is 2.25. The summed E-state index contributed by atoms with van der Waals surface area (Å²) in [6, 6.07) is 4.25. The Hall–Kier alpha value is -1.17. The number of fused-ring (bicyclic) bond motifs is 1. The minimum atomic E-state index is 0.0504. The van der Waals surface area contributed by atoms with Crippen LogP contribution in [0.5, 0.6) is 0 Å². The number of ether oxygens (including phenoxy) is 1. The molecule has 0 radical (unpaired) electrons. The van der Waals surface area contributed by atoms with Crippen LogP contribution in [0.15, 0.2) is 23.7 Å². The van der Waals surface area contributed by atoms with Gasteiger partial charge in [-0.2, -0.15) is 0 Å². The van der Waals surface area contributed by atoms with Crippen molar-refractivity contribution in [2.24, 2.45) is 5.73 Å². The third-order valence-corrected chi connectivity index (χ3v) is 4.22. The van der Waals surface area contributed by atoms with Crippen molar-refractivity contribution in [3.05, 3.63) is 23.7 Å². The van der Waals surface area contributed by atoms with E-state index in [1.54, 1.807) is 11.3 Å². The van der Waals surface area contributed by atoms with E-state index >= 15 is 0 Å². The molecule has 0 bridgehead atoms. The van der Waals surface area contributed by atoms with E-state index in [-0.39, 0.29) is 12.1 Å². The zero-order valence-corrected chi connectivity index (χ0v) is 11.2. The number of nitrogens with two attached hydrogens (primary N) is 1. The number of nitrogens with zero attached hydrogens (tertiary/aromatic N) is 2. The zero-order chi connectivity index (χ0) is 12.5. The maximum absolute atomic E-state index is 5.93. The van der Waals surface area contributed by atoms with Crippen LogP contribution >= 0.6 is 11.3 Å². The Bertz CT molecular complexity index is 540. The van der Waals surface area contributed by atoms with E-state index in [1.807, 2.05) is 13.1 Å². The molecule has 2 aromatic heterocycles. The van der Waals surface area contributed by atoms with Crippen LogP contribution in [0.25, 0.3) is 10.1 Å². The van der Waals surface area contributed by atoms with Gasteiger partial charge in [-0.1, -0.05) is 0 Å². The molecular formula is C13H17N3OS. The van der Waals surface area contributed by atoms with Crippen molar-refractivity contribution in [2.45, 2.75) is 19.1 Å². The Morgan fingerprint density at radius 2 is 2.44 bits per heavy atom. The fraction of sp³-hybridized carbons (Fsp3) is 0.462. The fourth-order valence-electron chi connectivity index (χ4n) is 2.32. The lowest BCUT2D eigenvalue weighted by Gasteiger charge is -2.35. The van der Waals surface area contributed by atoms with Gasteiger partial charge in [-0.3, -0.25) is 0 Å². The molecule has 2 N–H and O–H groups in total. The predicted octanol–water partition coefficient (Wildman–Crippen LogP) is 1.85. The van der Waals surface area contributed by atoms with Gasteiger partial charge in [0.25, 0.3) is 0 Å². The van der Waals surface area contributed by atoms with Crippen molar-refractivity contribution < 1.29 is 4.74 Å². The number of morpholine rings is 1. The van der Waals surface area contributed by atoms with Gasteiger partial charge in [-0.15, -0.1) is 11.3 Å². The largest absolute Gasteiger partial charge is 0.373 e. The summed E-state index contributed by atoms with van der Waals surface area (Å²) in [5.74, 6) is 1.06. The van der Waals surface area contributed by atoms with Crippen LogP contribution in [0.2, 0.25) is 0 Å². The van der Waals surface area contributed by atoms with Gasteiger partial charge in [0.2, 0.25) is 0 Å². The summed E-state index contributed by atoms with van der Waals surface area (Å²) >= 11 is 1.75. The second-order valence-corrected chi connectivity index (χ2v) is 5.63. The van der Waals surface area contributed by atoms with Crippen molar-refractivity contribution in [3.8, 4) is 0 Å². The smallest absolute Gasteiger partial charge is 0.137 e. The summed E-state index contributed by atoms with van der Waals surface area (Å²) in [7, 11) is 0. The Morgan fingerprint density at radius 3 is 3.28 bits per heavy atom. The summed E-state index contributed by atoms with van der Waals surface area (Å²) in [5.41, 5.74) is 5.93. The van der Waals surface area contributed by atoms with E-state index in [4.69, 9.17) is 10.5 Å². The molecule has 2 unspecified atom stereocenters. The van der Waals surface area contributed by atoms with Gasteiger partial charge in [0.15, 0.2) is 0 Å². The summed E-state index contributed by atoms with van der Waals surface area (Å²) < 4.78 is 6.97. The topological polar surface area (TPSA) is 51.4 Å². The minimum absolute atomic E-state index is 0.0504. The molecule has 0 aliphatic carbocycles. The number of rotatable bonds is 2. The first kappa shape index (κ1) is 11.9. The van der Waals surface area contributed by atoms with Crippen molar-refractivity contribution >= 4 is 27.2 Å². The summed E-state index contributed by atoms with van der Waals surface area (Å²) in [5, 5.41) is 3.34. The predicted molar refractivity (Wildman–Crippen MR) is 75.2 cm³/mol. The lowest BCUT2D eigenvalue weighted by Crippen LogP contribution is -2.49. The van der Waals surface area contributed by atoms with Crippen LogP contribution in [0.1, 0.15) is 6.92 Å². The molecule has 1 saturated heterocycles. The van der Waals surface area contributed by atoms with Crippen LogP contribution in [0.4, 0.5) is 5.82 Å². The van der Waals surface area contributed by atoms with E-state index in [0.717, 1.165) is 18.9 Å². The van der Waals surface area contributed by atoms with Gasteiger partial charge in [0.1, 0.15) is 5.82 Å². The van der Waals surface area contributed by atoms with Crippen LogP contribution in [-0.4, -0.2) is 36.8 Å². The molecule has 0 saturated carbocycles. The zero-order valence-electron chi connectivity index (χ0n) is 10.4. The monoisotopic (exact) mass is 263 g/mol. The normalized spacial score (nSPS) is 22.3. The third-order valence-electron chi connectivity index (χ3n) is 3.34. The average Bonchev–Trinajstić information content (AvgIpc) is 2.87. The Kier molecular flexibility index (Phi) is 3.20. The van der Waals surface area contributed by atoms with Crippen molar-refractivity contribution in [2.75, 3.05) is 24.6 Å². The Morgan fingerprint density at radius 1 is 1.56 bits per heavy atom. The lowest BCUT2D eigenvalue weighted by molar-refractivity contribution is 0.0274. The van der Waals surface area contributed by atoms with E-state index in [1.165, 1.54) is 10.1 Å². The van der Waals surface area contributed by atoms with Gasteiger partial charge in [0, 0.05) is 35.4 Å². The number of thiophene rings is 1. The molecule has 18 heavy (non-hydrogen) atoms. The molecule has 4 nitrogen and oxygen atoms in total. The molecule has 0 aromatic carbocycles. The van der Waals surface area contributed by atoms with Crippen LogP contribution in [-0.2, 0) is 4.74 Å². The van der Waals surface area contributed by atoms with E-state index in [0.29, 0.717) is 6.61 Å². The van der Waals surface area contributed by atoms with E-state index < -0.39 is 0 Å². The molecule has 1 aliphatic heterocycles. The second-order valence-electron chi connectivity index (χ2n) is 4.68. The molecular weight excluding hydrogens is 246 g/mol. The van der Waals surface area contributed by atoms with E-state index in [9.17, 15) is 0 Å². The molecule has 3 rings (SSSR count). The third kappa shape index (κ3) is 2.09. The average molecular weight is 263 g/mol. The summed E-state index contributed by atoms with van der Waals surface area (Å²) in [6.45, 7) is 4.41. The number of pyridine rings is 1. The Balaban J connectivity index is 1.92. The van der Waals surface area contributed by atoms with Gasteiger partial charge in [-0.25, -0.2) is 4.98 Å². The SMILES string of the molecule is CC(N)C1CN(c2nccc3sccc23)CCO1. The molecule has 2 atom stereocenters. The number of hydrogen-bond donors (Lipinski definition) is 1. The molecule has 1 aliphatic rings. The Labute approximate surface area is 110 Å². The molecule has 3 heterocycles. The lowest BCUT2D eigenvalue weighted by atomic mass is 10.1. The van der Waals surface area contributed by atoms with Crippen LogP contribution < -0.4 is 10.6 Å². The van der Waals surface area contributed by atoms with Gasteiger partial charge < -0.3 is 15.4 Å². The maximum atomic E-state index is 5.93. The first-order valence-electron chi connectivity index (χ1n) is 6.20. The fourth-order valence-corrected chi connectivity index (χ4v) is 3.09. The molecule has 5 heteroatoms. The van der Waals surface area contributed by atoms with Gasteiger partial charge >= 0.3 is 0 Å². The number of anilines is 1. The second kappa shape index (κ2) is 4.84. The first-order chi connectivity index (χ1) is 8.75. The molecule has 1 fully saturated rings. The number of hydrogen-bond acceptors (Lipinski definition) is 5. The van der Waals surface area contributed by atoms with Crippen LogP contribution in [0, 0.1) is 0 Å². The maximum Gasteiger partial charge on any atom is 0.137 e. The van der Waals surface area contributed by atoms with Crippen molar-refractivity contribution in [1.82, 2.24) is 4.98 Å². The molecule has 0 spiro atoms. The highest BCUT2D eigenvalue weighted by Crippen LogP contribution is 2.29. The highest BCUT2D eigenvalue weighted by molar-refractivity contribution is 7.17. The standard InChI is InChI=1S/C13H17N3OS/c1-9(14)11-8-16(5-6-17-11)13-10-3-7-18-12(10)2-4-15-13/h2-4,7,9,11H,5-6,8,14H2,1H3. The molecule has 96 valence electrons. The van der Waals surface area contributed by atoms with Crippen molar-refractivity contribution in [1.29, 1.82) is 0 Å². The van der Waals surface area contributed by atoms with Crippen LogP contribution in [0.3, 0.4) is 0 Å². The molecule has 0 amide bonds. The summed E-state index contributed by atoms with van der Waals surface area (Å²) in [4.78, 5) is 6.82. The van der Waals surface area contributed by atoms with E-state index in [2.05, 4.69) is 27.4 Å². The van der Waals surface area contributed by atoms with Gasteiger partial charge in [-0.05, 0) is 24.4 Å².